The third-order valence-corrected chi connectivity index (χ3v) is 14.4. The Morgan fingerprint density at radius 1 is 0.690 bits per heavy atom. The van der Waals surface area contributed by atoms with Gasteiger partial charge in [-0.2, -0.15) is 5.26 Å². The molecule has 71 heavy (non-hydrogen) atoms. The average Bonchev–Trinajstić information content (AvgIpc) is 3.72. The maximum atomic E-state index is 12.8. The number of aliphatic hydroxyl groups excluding tert-OH is 1. The molecule has 0 aliphatic carbocycles. The van der Waals surface area contributed by atoms with Crippen molar-refractivity contribution in [2.45, 2.75) is 82.8 Å². The standard InChI is InChI=1S/C57H60N5O8P/c1-39(2)62(40(3)4)71(68-34-16-31-58)70-56-53(38-67-57(42-18-8-7-9-19-42,43-23-27-45(64-5)28-24-43)44-25-29-46(65-6)30-26-44)69-55(54(56)63)48-20-11-10-17-41(48)37-66-47-35-51(49-21-12-14-32-59-49)61-52(36-47)50-22-13-15-33-60-50/h7-15,17-30,32-33,35-36,39-40,53-56,63H,16,34,37-38H2,1-6H3/t53-,54+,55+,56-,71?/m1/s1. The number of pyridine rings is 3. The van der Waals surface area contributed by atoms with Crippen molar-refractivity contribution in [1.29, 1.82) is 5.26 Å². The lowest BCUT2D eigenvalue weighted by molar-refractivity contribution is -0.0808. The molecule has 3 aromatic heterocycles. The summed E-state index contributed by atoms with van der Waals surface area (Å²) in [6.07, 6.45) is -0.236. The highest BCUT2D eigenvalue weighted by Crippen LogP contribution is 2.52. The highest BCUT2D eigenvalue weighted by atomic mass is 31.2. The van der Waals surface area contributed by atoms with Gasteiger partial charge in [0.25, 0.3) is 8.53 Å². The molecule has 366 valence electrons. The van der Waals surface area contributed by atoms with Gasteiger partial charge in [-0.25, -0.2) is 9.65 Å². The maximum absolute atomic E-state index is 12.8. The molecule has 5 atom stereocenters. The van der Waals surface area contributed by atoms with Crippen LogP contribution in [0.25, 0.3) is 22.8 Å². The van der Waals surface area contributed by atoms with E-state index in [-0.39, 0.29) is 38.3 Å². The highest BCUT2D eigenvalue weighted by molar-refractivity contribution is 7.44. The van der Waals surface area contributed by atoms with Gasteiger partial charge in [0, 0.05) is 36.6 Å². The van der Waals surface area contributed by atoms with E-state index in [0.29, 0.717) is 40.0 Å². The van der Waals surface area contributed by atoms with Gasteiger partial charge < -0.3 is 37.8 Å². The van der Waals surface area contributed by atoms with Crippen LogP contribution in [-0.2, 0) is 30.7 Å². The van der Waals surface area contributed by atoms with Crippen molar-refractivity contribution >= 4 is 8.53 Å². The molecule has 13 nitrogen and oxygen atoms in total. The van der Waals surface area contributed by atoms with E-state index < -0.39 is 38.5 Å². The van der Waals surface area contributed by atoms with E-state index in [1.54, 1.807) is 26.6 Å². The zero-order valence-corrected chi connectivity index (χ0v) is 41.8. The van der Waals surface area contributed by atoms with Crippen LogP contribution >= 0.6 is 8.53 Å². The fraction of sp³-hybridized carbons (Fsp3) is 0.298. The second-order valence-electron chi connectivity index (χ2n) is 17.5. The van der Waals surface area contributed by atoms with Crippen LogP contribution in [0, 0.1) is 11.3 Å². The molecule has 0 amide bonds. The quantitative estimate of drug-likeness (QED) is 0.0390. The summed E-state index contributed by atoms with van der Waals surface area (Å²) in [5.41, 5.74) is 5.52. The van der Waals surface area contributed by atoms with Crippen LogP contribution in [0.1, 0.15) is 68.0 Å². The molecule has 8 rings (SSSR count). The van der Waals surface area contributed by atoms with Gasteiger partial charge in [0.05, 0.1) is 62.7 Å². The molecule has 14 heteroatoms. The molecule has 1 N–H and O–H groups in total. The van der Waals surface area contributed by atoms with Gasteiger partial charge >= 0.3 is 0 Å². The Labute approximate surface area is 417 Å². The normalized spacial score (nSPS) is 17.3. The summed E-state index contributed by atoms with van der Waals surface area (Å²) in [5.74, 6) is 1.96. The Balaban J connectivity index is 1.18. The fourth-order valence-electron chi connectivity index (χ4n) is 8.92. The zero-order chi connectivity index (χ0) is 49.7. The summed E-state index contributed by atoms with van der Waals surface area (Å²) in [4.78, 5) is 14.0. The minimum absolute atomic E-state index is 0.00599. The van der Waals surface area contributed by atoms with E-state index in [9.17, 15) is 10.4 Å². The van der Waals surface area contributed by atoms with Gasteiger partial charge in [0.2, 0.25) is 0 Å². The predicted molar refractivity (Wildman–Crippen MR) is 273 cm³/mol. The number of nitrogens with zero attached hydrogens (tertiary/aromatic N) is 5. The monoisotopic (exact) mass is 973 g/mol. The van der Waals surface area contributed by atoms with Crippen LogP contribution in [0.2, 0.25) is 0 Å². The topological polar surface area (TPSA) is 151 Å². The first kappa shape index (κ1) is 50.8. The van der Waals surface area contributed by atoms with Crippen molar-refractivity contribution in [2.24, 2.45) is 0 Å². The van der Waals surface area contributed by atoms with Crippen molar-refractivity contribution < 1.29 is 37.8 Å². The number of hydrogen-bond acceptors (Lipinski definition) is 13. The molecule has 4 heterocycles. The third-order valence-electron chi connectivity index (χ3n) is 12.3. The zero-order valence-electron chi connectivity index (χ0n) is 40.9. The second kappa shape index (κ2) is 24.0. The van der Waals surface area contributed by atoms with Crippen molar-refractivity contribution in [3.05, 3.63) is 192 Å². The molecule has 1 fully saturated rings. The smallest absolute Gasteiger partial charge is 0.259 e. The van der Waals surface area contributed by atoms with Crippen molar-refractivity contribution in [2.75, 3.05) is 27.4 Å². The summed E-state index contributed by atoms with van der Waals surface area (Å²) >= 11 is 0. The van der Waals surface area contributed by atoms with E-state index in [1.165, 1.54) is 0 Å². The SMILES string of the molecule is COc1ccc(C(OC[C@H]2O[C@@H](c3ccccc3COc3cc(-c4ccccn4)nc(-c4ccccn4)c3)[C@H](O)[C@@H]2OP(OCCC#N)N(C(C)C)C(C)C)(c2ccccc2)c2ccc(OC)cc2)cc1. The molecule has 0 saturated carbocycles. The van der Waals surface area contributed by atoms with Gasteiger partial charge in [0.1, 0.15) is 53.9 Å². The van der Waals surface area contributed by atoms with E-state index in [1.807, 2.05) is 152 Å². The highest BCUT2D eigenvalue weighted by Gasteiger charge is 2.50. The minimum Gasteiger partial charge on any atom is -0.497 e. The number of rotatable bonds is 22. The summed E-state index contributed by atoms with van der Waals surface area (Å²) < 4.78 is 48.0. The van der Waals surface area contributed by atoms with Gasteiger partial charge in [-0.1, -0.05) is 91.0 Å². The molecule has 7 aromatic rings. The molecule has 1 aliphatic heterocycles. The van der Waals surface area contributed by atoms with Crippen LogP contribution in [0.15, 0.2) is 164 Å². The third kappa shape index (κ3) is 11.8. The number of benzene rings is 4. The molecule has 0 spiro atoms. The molecule has 1 aliphatic rings. The van der Waals surface area contributed by atoms with Gasteiger partial charge in [0.15, 0.2) is 0 Å². The van der Waals surface area contributed by atoms with Crippen molar-refractivity contribution in [3.63, 3.8) is 0 Å². The molecular formula is C57H60N5O8P. The molecule has 0 radical (unpaired) electrons. The Hall–Kier alpha value is -6.59. The first-order valence-electron chi connectivity index (χ1n) is 23.8. The molecule has 1 unspecified atom stereocenters. The summed E-state index contributed by atoms with van der Waals surface area (Å²) in [6, 6.07) is 50.8. The average molecular weight is 974 g/mol. The minimum atomic E-state index is -1.82. The van der Waals surface area contributed by atoms with E-state index >= 15 is 0 Å². The molecule has 0 bridgehead atoms. The van der Waals surface area contributed by atoms with Gasteiger partial charge in [-0.3, -0.25) is 9.97 Å². The Morgan fingerprint density at radius 2 is 1.24 bits per heavy atom. The van der Waals surface area contributed by atoms with Crippen LogP contribution in [0.4, 0.5) is 0 Å². The summed E-state index contributed by atoms with van der Waals surface area (Å²) in [7, 11) is 1.46. The van der Waals surface area contributed by atoms with Crippen molar-refractivity contribution in [1.82, 2.24) is 19.6 Å². The Kier molecular flexibility index (Phi) is 17.2. The molecular weight excluding hydrogens is 914 g/mol. The second-order valence-corrected chi connectivity index (χ2v) is 18.9. The maximum Gasteiger partial charge on any atom is 0.259 e. The number of ether oxygens (including phenoxy) is 5. The van der Waals surface area contributed by atoms with E-state index in [2.05, 4.69) is 48.4 Å². The van der Waals surface area contributed by atoms with Crippen molar-refractivity contribution in [3.8, 4) is 46.1 Å². The number of nitriles is 1. The number of methoxy groups -OCH3 is 2. The van der Waals surface area contributed by atoms with Crippen LogP contribution in [0.5, 0.6) is 17.2 Å². The van der Waals surface area contributed by atoms with Gasteiger partial charge in [-0.05, 0) is 104 Å². The lowest BCUT2D eigenvalue weighted by atomic mass is 9.80. The largest absolute Gasteiger partial charge is 0.497 e. The Bertz CT molecular complexity index is 2690. The first-order valence-corrected chi connectivity index (χ1v) is 24.9. The fourth-order valence-corrected chi connectivity index (χ4v) is 10.7. The lowest BCUT2D eigenvalue weighted by Gasteiger charge is -2.39. The van der Waals surface area contributed by atoms with E-state index in [0.717, 1.165) is 27.8 Å². The number of aromatic nitrogens is 3. The number of aliphatic hydroxyl groups is 1. The van der Waals surface area contributed by atoms with Crippen LogP contribution in [-0.4, -0.2) is 82.6 Å². The molecule has 1 saturated heterocycles. The van der Waals surface area contributed by atoms with E-state index in [4.69, 9.17) is 37.7 Å². The lowest BCUT2D eigenvalue weighted by Crippen LogP contribution is -2.42. The first-order chi connectivity index (χ1) is 34.6. The van der Waals surface area contributed by atoms with Crippen LogP contribution < -0.4 is 14.2 Å². The molecule has 4 aromatic carbocycles. The summed E-state index contributed by atoms with van der Waals surface area (Å²) in [6.45, 7) is 8.56. The predicted octanol–water partition coefficient (Wildman–Crippen LogP) is 11.3. The van der Waals surface area contributed by atoms with Crippen LogP contribution in [0.3, 0.4) is 0 Å². The summed E-state index contributed by atoms with van der Waals surface area (Å²) in [5, 5.41) is 22.3. The van der Waals surface area contributed by atoms with Gasteiger partial charge in [-0.15, -0.1) is 0 Å². The Morgan fingerprint density at radius 3 is 1.77 bits per heavy atom. The number of hydrogen-bond donors (Lipinski definition) is 1.